The molecule has 0 amide bonds. The van der Waals surface area contributed by atoms with Crippen LogP contribution < -0.4 is 0 Å². The van der Waals surface area contributed by atoms with Crippen molar-refractivity contribution in [3.63, 3.8) is 0 Å². The molecule has 0 aromatic heterocycles. The topological polar surface area (TPSA) is 0 Å². The van der Waals surface area contributed by atoms with E-state index in [1.807, 2.05) is 0 Å². The van der Waals surface area contributed by atoms with E-state index in [1.165, 1.54) is 51.4 Å². The van der Waals surface area contributed by atoms with Gasteiger partial charge in [-0.25, -0.2) is 0 Å². The van der Waals surface area contributed by atoms with E-state index >= 15 is 0 Å². The zero-order valence-corrected chi connectivity index (χ0v) is 14.6. The quantitative estimate of drug-likeness (QED) is 0.496. The zero-order valence-electron chi connectivity index (χ0n) is 12.9. The maximum Gasteiger partial charge on any atom is -0.0133 e. The smallest absolute Gasteiger partial charge is 0.0133 e. The number of hydrogen-bond donors (Lipinski definition) is 0. The Morgan fingerprint density at radius 1 is 0.750 bits per heavy atom. The normalized spacial score (nSPS) is 14.7. The van der Waals surface area contributed by atoms with E-state index in [0.717, 1.165) is 0 Å². The maximum absolute atomic E-state index is 2.25. The molecule has 2 aliphatic rings. The first kappa shape index (κ1) is 21.8. The summed E-state index contributed by atoms with van der Waals surface area (Å²) in [5.41, 5.74) is 3.22. The van der Waals surface area contributed by atoms with E-state index < -0.39 is 0 Å². The molecule has 0 atom stereocenters. The van der Waals surface area contributed by atoms with Crippen molar-refractivity contribution >= 4 is 24.8 Å². The van der Waals surface area contributed by atoms with Gasteiger partial charge in [-0.1, -0.05) is 74.3 Å². The van der Waals surface area contributed by atoms with Crippen molar-refractivity contribution < 1.29 is 0 Å². The molecule has 0 saturated heterocycles. The van der Waals surface area contributed by atoms with E-state index in [0.29, 0.717) is 0 Å². The molecule has 2 aliphatic carbocycles. The van der Waals surface area contributed by atoms with Gasteiger partial charge in [0.15, 0.2) is 0 Å². The molecule has 0 fully saturated rings. The third-order valence-corrected chi connectivity index (χ3v) is 3.40. The molecule has 0 nitrogen and oxygen atoms in total. The lowest BCUT2D eigenvalue weighted by atomic mass is 10.1. The predicted octanol–water partition coefficient (Wildman–Crippen LogP) is 6.97. The minimum absolute atomic E-state index is 0. The molecule has 0 bridgehead atoms. The Bertz CT molecular complexity index is 301. The lowest BCUT2D eigenvalue weighted by Gasteiger charge is -1.96. The van der Waals surface area contributed by atoms with Crippen LogP contribution in [0.5, 0.6) is 0 Å². The average Bonchev–Trinajstić information content (AvgIpc) is 3.07. The third-order valence-electron chi connectivity index (χ3n) is 3.40. The Kier molecular flexibility index (Phi) is 16.3. The van der Waals surface area contributed by atoms with Crippen LogP contribution in [0.3, 0.4) is 0 Å². The van der Waals surface area contributed by atoms with Gasteiger partial charge in [-0.2, -0.15) is 0 Å². The molecule has 116 valence electrons. The average molecular weight is 317 g/mol. The number of rotatable bonds is 6. The van der Waals surface area contributed by atoms with E-state index in [4.69, 9.17) is 0 Å². The van der Waals surface area contributed by atoms with Crippen LogP contribution in [0.4, 0.5) is 0 Å². The van der Waals surface area contributed by atoms with Gasteiger partial charge in [0.2, 0.25) is 0 Å². The van der Waals surface area contributed by atoms with Crippen LogP contribution >= 0.6 is 24.8 Å². The Hall–Kier alpha value is -0.460. The first-order valence-electron chi connectivity index (χ1n) is 7.56. The van der Waals surface area contributed by atoms with Crippen molar-refractivity contribution in [3.8, 4) is 0 Å². The number of hydrogen-bond acceptors (Lipinski definition) is 0. The van der Waals surface area contributed by atoms with Gasteiger partial charge in [-0.15, -0.1) is 24.8 Å². The fourth-order valence-electron chi connectivity index (χ4n) is 2.16. The molecule has 20 heavy (non-hydrogen) atoms. The zero-order chi connectivity index (χ0) is 13.1. The van der Waals surface area contributed by atoms with Gasteiger partial charge in [0.25, 0.3) is 0 Å². The number of allylic oxidation sites excluding steroid dienone is 8. The summed E-state index contributed by atoms with van der Waals surface area (Å²) in [4.78, 5) is 0. The van der Waals surface area contributed by atoms with E-state index in [-0.39, 0.29) is 24.8 Å². The minimum atomic E-state index is 0. The minimum Gasteiger partial charge on any atom is -0.147 e. The fourth-order valence-corrected chi connectivity index (χ4v) is 2.16. The summed E-state index contributed by atoms with van der Waals surface area (Å²) in [6, 6.07) is 0. The highest BCUT2D eigenvalue weighted by atomic mass is 35.5. The maximum atomic E-state index is 2.25. The summed E-state index contributed by atoms with van der Waals surface area (Å²) in [5, 5.41) is 0. The molecule has 0 saturated carbocycles. The molecule has 0 N–H and O–H groups in total. The Labute approximate surface area is 137 Å². The lowest BCUT2D eigenvalue weighted by Crippen LogP contribution is -1.77. The summed E-state index contributed by atoms with van der Waals surface area (Å²) >= 11 is 0. The second-order valence-corrected chi connectivity index (χ2v) is 5.12. The highest BCUT2D eigenvalue weighted by molar-refractivity contribution is 5.85. The lowest BCUT2D eigenvalue weighted by molar-refractivity contribution is 0.779. The van der Waals surface area contributed by atoms with Crippen LogP contribution in [0, 0.1) is 0 Å². The standard InChI is InChI=1S/2C9H14.2ClH/c2*1-2-3-6-9-7-4-5-8-9;;/h2*4-5,7H,2-3,6,8H2,1H3;2*1H. The van der Waals surface area contributed by atoms with Gasteiger partial charge in [0, 0.05) is 0 Å². The Balaban J connectivity index is 0. The summed E-state index contributed by atoms with van der Waals surface area (Å²) in [7, 11) is 0. The Morgan fingerprint density at radius 3 is 1.40 bits per heavy atom. The number of halogens is 2. The summed E-state index contributed by atoms with van der Waals surface area (Å²) in [5.74, 6) is 0. The molecule has 0 radical (unpaired) electrons. The molecule has 0 aliphatic heterocycles. The van der Waals surface area contributed by atoms with Crippen molar-refractivity contribution in [2.45, 2.75) is 65.2 Å². The third kappa shape index (κ3) is 10.3. The first-order valence-corrected chi connectivity index (χ1v) is 7.56. The molecular formula is C18H30Cl2. The summed E-state index contributed by atoms with van der Waals surface area (Å²) < 4.78 is 0. The highest BCUT2D eigenvalue weighted by Crippen LogP contribution is 2.17. The van der Waals surface area contributed by atoms with Crippen LogP contribution in [-0.4, -0.2) is 0 Å². The molecule has 0 aromatic rings. The molecule has 0 unspecified atom stereocenters. The predicted molar refractivity (Wildman–Crippen MR) is 97.2 cm³/mol. The van der Waals surface area contributed by atoms with Gasteiger partial charge in [-0.3, -0.25) is 0 Å². The highest BCUT2D eigenvalue weighted by Gasteiger charge is 1.97. The summed E-state index contributed by atoms with van der Waals surface area (Å²) in [6.45, 7) is 4.48. The first-order chi connectivity index (χ1) is 8.86. The second-order valence-electron chi connectivity index (χ2n) is 5.12. The van der Waals surface area contributed by atoms with Crippen molar-refractivity contribution in [1.29, 1.82) is 0 Å². The van der Waals surface area contributed by atoms with Crippen LogP contribution in [0.2, 0.25) is 0 Å². The van der Waals surface area contributed by atoms with Gasteiger partial charge >= 0.3 is 0 Å². The monoisotopic (exact) mass is 316 g/mol. The van der Waals surface area contributed by atoms with Crippen molar-refractivity contribution in [1.82, 2.24) is 0 Å². The van der Waals surface area contributed by atoms with E-state index in [1.54, 1.807) is 11.1 Å². The van der Waals surface area contributed by atoms with E-state index in [2.05, 4.69) is 50.3 Å². The van der Waals surface area contributed by atoms with Crippen LogP contribution in [0.1, 0.15) is 65.2 Å². The Morgan fingerprint density at radius 2 is 1.15 bits per heavy atom. The van der Waals surface area contributed by atoms with Crippen LogP contribution in [-0.2, 0) is 0 Å². The summed E-state index contributed by atoms with van der Waals surface area (Å²) in [6.07, 6.45) is 23.6. The fraction of sp³-hybridized carbons (Fsp3) is 0.556. The van der Waals surface area contributed by atoms with E-state index in [9.17, 15) is 0 Å². The van der Waals surface area contributed by atoms with Gasteiger partial charge in [0.1, 0.15) is 0 Å². The van der Waals surface area contributed by atoms with Gasteiger partial charge in [-0.05, 0) is 38.5 Å². The second kappa shape index (κ2) is 14.9. The largest absolute Gasteiger partial charge is 0.147 e. The van der Waals surface area contributed by atoms with Crippen molar-refractivity contribution in [3.05, 3.63) is 47.6 Å². The van der Waals surface area contributed by atoms with Crippen LogP contribution in [0.25, 0.3) is 0 Å². The van der Waals surface area contributed by atoms with Crippen molar-refractivity contribution in [2.75, 3.05) is 0 Å². The SMILES string of the molecule is CCCCC1=CC=CC1.CCCCC1=CC=CC1.Cl.Cl. The van der Waals surface area contributed by atoms with Gasteiger partial charge < -0.3 is 0 Å². The molecule has 2 rings (SSSR count). The molecule has 0 spiro atoms. The van der Waals surface area contributed by atoms with Crippen LogP contribution in [0.15, 0.2) is 47.6 Å². The molecule has 0 heterocycles. The molecule has 2 heteroatoms. The van der Waals surface area contributed by atoms with Gasteiger partial charge in [0.05, 0.1) is 0 Å². The van der Waals surface area contributed by atoms with Crippen molar-refractivity contribution in [2.24, 2.45) is 0 Å². The molecular weight excluding hydrogens is 287 g/mol. The number of unbranched alkanes of at least 4 members (excludes halogenated alkanes) is 2. The molecule has 0 aromatic carbocycles.